The Morgan fingerprint density at radius 3 is 2.48 bits per heavy atom. The van der Waals surface area contributed by atoms with Crippen molar-refractivity contribution in [3.8, 4) is 0 Å². The summed E-state index contributed by atoms with van der Waals surface area (Å²) in [6.45, 7) is 8.81. The van der Waals surface area contributed by atoms with Gasteiger partial charge in [0.2, 0.25) is 11.6 Å². The molecular weight excluding hydrogens is 352 g/mol. The van der Waals surface area contributed by atoms with Crippen molar-refractivity contribution in [3.63, 3.8) is 0 Å². The van der Waals surface area contributed by atoms with E-state index in [-0.39, 0.29) is 18.3 Å². The van der Waals surface area contributed by atoms with Gasteiger partial charge in [-0.05, 0) is 46.3 Å². The summed E-state index contributed by atoms with van der Waals surface area (Å²) in [7, 11) is 0. The number of epoxide rings is 1. The molecule has 5 aliphatic rings. The van der Waals surface area contributed by atoms with Crippen LogP contribution in [0.1, 0.15) is 41.0 Å². The average Bonchev–Trinajstić information content (AvgIpc) is 2.82. The number of ether oxygens (including phenoxy) is 4. The smallest absolute Gasteiger partial charge is 0.318 e. The van der Waals surface area contributed by atoms with Crippen LogP contribution in [0.4, 0.5) is 0 Å². The maximum Gasteiger partial charge on any atom is 0.318 e. The molecule has 146 valence electrons. The van der Waals surface area contributed by atoms with E-state index in [1.54, 1.807) is 26.8 Å². The third-order valence-corrected chi connectivity index (χ3v) is 7.44. The molecule has 3 fully saturated rings. The van der Waals surface area contributed by atoms with Gasteiger partial charge >= 0.3 is 5.97 Å². The van der Waals surface area contributed by atoms with Gasteiger partial charge in [-0.2, -0.15) is 0 Å². The second-order valence-electron chi connectivity index (χ2n) is 9.03. The Labute approximate surface area is 157 Å². The van der Waals surface area contributed by atoms with Crippen LogP contribution in [0, 0.1) is 11.3 Å². The van der Waals surface area contributed by atoms with E-state index >= 15 is 0 Å². The van der Waals surface area contributed by atoms with Gasteiger partial charge in [-0.1, -0.05) is 0 Å². The van der Waals surface area contributed by atoms with Crippen LogP contribution in [0.15, 0.2) is 23.5 Å². The molecule has 0 aromatic carbocycles. The molecular formula is C20H24O7. The molecule has 7 heteroatoms. The molecule has 27 heavy (non-hydrogen) atoms. The fraction of sp³-hybridized carbons (Fsp3) is 0.700. The van der Waals surface area contributed by atoms with Crippen LogP contribution < -0.4 is 0 Å². The quantitative estimate of drug-likeness (QED) is 0.546. The second-order valence-corrected chi connectivity index (χ2v) is 9.03. The zero-order valence-corrected chi connectivity index (χ0v) is 16.1. The number of hydrogen-bond donors (Lipinski definition) is 1. The molecule has 0 saturated carbocycles. The lowest BCUT2D eigenvalue weighted by Gasteiger charge is -2.37. The number of rotatable bonds is 1. The van der Waals surface area contributed by atoms with Crippen LogP contribution in [0.25, 0.3) is 0 Å². The van der Waals surface area contributed by atoms with Gasteiger partial charge in [-0.15, -0.1) is 0 Å². The number of carbonyl (C=O) groups is 2. The second kappa shape index (κ2) is 4.64. The highest BCUT2D eigenvalue weighted by Crippen LogP contribution is 2.66. The highest BCUT2D eigenvalue weighted by atomic mass is 16.7. The maximum atomic E-state index is 13.0. The van der Waals surface area contributed by atoms with Crippen molar-refractivity contribution in [2.24, 2.45) is 11.3 Å². The highest BCUT2D eigenvalue weighted by Gasteiger charge is 2.83. The number of ketones is 1. The standard InChI is InChI=1S/C20H24O7/c1-9-6-12-15-13(8-17(3)14(21)7-11(9)26-17)27-20(23,19(5)10(2)25-19)18(15,4)16(22)24-12/h6-7,10,12-13,15,23H,8H2,1-5H3/b9-6-/t10-,12-,13+,15+,17-,18-,19-,20+/m1/s1. The normalized spacial score (nSPS) is 57.6. The summed E-state index contributed by atoms with van der Waals surface area (Å²) in [5, 5.41) is 11.6. The maximum absolute atomic E-state index is 13.0. The summed E-state index contributed by atoms with van der Waals surface area (Å²) in [6.07, 6.45) is 2.06. The van der Waals surface area contributed by atoms with E-state index in [4.69, 9.17) is 18.9 Å². The first-order valence-corrected chi connectivity index (χ1v) is 9.39. The minimum absolute atomic E-state index is 0.142. The van der Waals surface area contributed by atoms with Crippen LogP contribution in [0.3, 0.4) is 0 Å². The van der Waals surface area contributed by atoms with Crippen molar-refractivity contribution in [1.29, 1.82) is 0 Å². The Hall–Kier alpha value is -1.70. The minimum Gasteiger partial charge on any atom is -0.479 e. The van der Waals surface area contributed by atoms with Gasteiger partial charge in [0.05, 0.1) is 12.2 Å². The molecule has 5 aliphatic heterocycles. The summed E-state index contributed by atoms with van der Waals surface area (Å²) in [4.78, 5) is 25.6. The van der Waals surface area contributed by atoms with E-state index in [0.717, 1.165) is 5.57 Å². The lowest BCUT2D eigenvalue weighted by molar-refractivity contribution is -0.271. The molecule has 0 aliphatic carbocycles. The highest BCUT2D eigenvalue weighted by molar-refractivity contribution is 6.00. The summed E-state index contributed by atoms with van der Waals surface area (Å²) >= 11 is 0. The molecule has 5 rings (SSSR count). The van der Waals surface area contributed by atoms with Gasteiger partial charge in [0.1, 0.15) is 22.9 Å². The fourth-order valence-electron chi connectivity index (χ4n) is 5.42. The molecule has 1 N–H and O–H groups in total. The van der Waals surface area contributed by atoms with Crippen LogP contribution in [0.5, 0.6) is 0 Å². The lowest BCUT2D eigenvalue weighted by Crippen LogP contribution is -2.58. The molecule has 0 spiro atoms. The van der Waals surface area contributed by atoms with E-state index in [1.807, 2.05) is 13.8 Å². The van der Waals surface area contributed by atoms with Crippen molar-refractivity contribution in [3.05, 3.63) is 23.5 Å². The number of carbonyl (C=O) groups excluding carboxylic acids is 2. The van der Waals surface area contributed by atoms with E-state index in [0.29, 0.717) is 5.76 Å². The molecule has 0 radical (unpaired) electrons. The molecule has 8 atom stereocenters. The third-order valence-electron chi connectivity index (χ3n) is 7.44. The predicted molar refractivity (Wildman–Crippen MR) is 91.2 cm³/mol. The Bertz CT molecular complexity index is 845. The largest absolute Gasteiger partial charge is 0.479 e. The zero-order chi connectivity index (χ0) is 19.6. The van der Waals surface area contributed by atoms with Gasteiger partial charge < -0.3 is 24.1 Å². The molecule has 0 amide bonds. The summed E-state index contributed by atoms with van der Waals surface area (Å²) < 4.78 is 23.5. The molecule has 0 unspecified atom stereocenters. The minimum atomic E-state index is -1.85. The molecule has 0 aromatic rings. The number of aliphatic hydroxyl groups is 1. The molecule has 3 saturated heterocycles. The number of hydrogen-bond acceptors (Lipinski definition) is 7. The zero-order valence-electron chi connectivity index (χ0n) is 16.1. The summed E-state index contributed by atoms with van der Waals surface area (Å²) in [6, 6.07) is 0. The van der Waals surface area contributed by atoms with Crippen LogP contribution in [-0.2, 0) is 28.5 Å². The first kappa shape index (κ1) is 17.4. The molecule has 0 aromatic heterocycles. The van der Waals surface area contributed by atoms with Crippen LogP contribution >= 0.6 is 0 Å². The van der Waals surface area contributed by atoms with Gasteiger partial charge in [0.15, 0.2) is 5.60 Å². The number of allylic oxidation sites excluding steroid dienone is 1. The number of esters is 1. The Balaban J connectivity index is 1.68. The van der Waals surface area contributed by atoms with Crippen molar-refractivity contribution in [1.82, 2.24) is 0 Å². The first-order chi connectivity index (χ1) is 12.5. The fourth-order valence-corrected chi connectivity index (χ4v) is 5.42. The van der Waals surface area contributed by atoms with Crippen molar-refractivity contribution < 1.29 is 33.6 Å². The average molecular weight is 376 g/mol. The third kappa shape index (κ3) is 1.78. The van der Waals surface area contributed by atoms with Gasteiger partial charge in [-0.25, -0.2) is 0 Å². The van der Waals surface area contributed by atoms with Crippen molar-refractivity contribution in [2.45, 2.75) is 76.3 Å². The van der Waals surface area contributed by atoms with E-state index in [2.05, 4.69) is 0 Å². The predicted octanol–water partition coefficient (Wildman–Crippen LogP) is 1.39. The van der Waals surface area contributed by atoms with E-state index in [1.165, 1.54) is 6.08 Å². The molecule has 2 bridgehead atoms. The molecule has 5 heterocycles. The van der Waals surface area contributed by atoms with E-state index in [9.17, 15) is 14.7 Å². The van der Waals surface area contributed by atoms with Crippen molar-refractivity contribution in [2.75, 3.05) is 0 Å². The van der Waals surface area contributed by atoms with Crippen LogP contribution in [-0.4, -0.2) is 52.2 Å². The molecule has 7 nitrogen and oxygen atoms in total. The first-order valence-electron chi connectivity index (χ1n) is 9.39. The van der Waals surface area contributed by atoms with Crippen molar-refractivity contribution >= 4 is 11.8 Å². The lowest BCUT2D eigenvalue weighted by atomic mass is 9.65. The topological polar surface area (TPSA) is 94.6 Å². The van der Waals surface area contributed by atoms with Gasteiger partial charge in [0, 0.05) is 18.4 Å². The van der Waals surface area contributed by atoms with Gasteiger partial charge in [0.25, 0.3) is 0 Å². The van der Waals surface area contributed by atoms with Gasteiger partial charge in [-0.3, -0.25) is 9.59 Å². The SMILES string of the molecule is C/C1=C/[C@H]2OC(=O)[C@@]3(C)[C@@H]2[C@H](C[C@@]2(C)OC1=CC2=O)O[C@]3(O)[C@]1(C)O[C@@H]1C. The Morgan fingerprint density at radius 2 is 1.85 bits per heavy atom. The van der Waals surface area contributed by atoms with Crippen LogP contribution in [0.2, 0.25) is 0 Å². The number of fused-ring (bicyclic) bond motifs is 2. The monoisotopic (exact) mass is 376 g/mol. The summed E-state index contributed by atoms with van der Waals surface area (Å²) in [5.41, 5.74) is -2.70. The summed E-state index contributed by atoms with van der Waals surface area (Å²) in [5.74, 6) is -2.46. The van der Waals surface area contributed by atoms with E-state index < -0.39 is 46.5 Å². The Kier molecular flexibility index (Phi) is 2.99. The Morgan fingerprint density at radius 1 is 1.19 bits per heavy atom.